The van der Waals surface area contributed by atoms with Crippen molar-refractivity contribution >= 4 is 17.5 Å². The Hall–Kier alpha value is -2.48. The monoisotopic (exact) mass is 408 g/mol. The van der Waals surface area contributed by atoms with Gasteiger partial charge in [0.25, 0.3) is 0 Å². The van der Waals surface area contributed by atoms with Crippen LogP contribution >= 0.6 is 0 Å². The van der Waals surface area contributed by atoms with E-state index in [1.54, 1.807) is 17.0 Å². The summed E-state index contributed by atoms with van der Waals surface area (Å²) in [7, 11) is 4.57. The fourth-order valence-corrected chi connectivity index (χ4v) is 3.23. The number of hydrogen-bond acceptors (Lipinski definition) is 6. The van der Waals surface area contributed by atoms with E-state index in [0.717, 1.165) is 25.9 Å². The summed E-state index contributed by atoms with van der Waals surface area (Å²) in [5.41, 5.74) is 0.615. The van der Waals surface area contributed by atoms with Crippen molar-refractivity contribution < 1.29 is 28.5 Å². The lowest BCUT2D eigenvalue weighted by molar-refractivity contribution is -0.126. The minimum atomic E-state index is -0.386. The zero-order chi connectivity index (χ0) is 21.2. The summed E-state index contributed by atoms with van der Waals surface area (Å²) in [6.07, 6.45) is 3.09. The van der Waals surface area contributed by atoms with E-state index in [1.165, 1.54) is 21.3 Å². The van der Waals surface area contributed by atoms with Crippen LogP contribution in [0.25, 0.3) is 0 Å². The topological polar surface area (TPSA) is 86.3 Å². The highest BCUT2D eigenvalue weighted by molar-refractivity contribution is 6.00. The molecule has 8 nitrogen and oxygen atoms in total. The number of anilines is 1. The highest BCUT2D eigenvalue weighted by Crippen LogP contribution is 2.42. The Bertz CT molecular complexity index is 669. The second kappa shape index (κ2) is 11.5. The molecular formula is C21H32N2O6. The van der Waals surface area contributed by atoms with Crippen molar-refractivity contribution in [1.29, 1.82) is 0 Å². The van der Waals surface area contributed by atoms with Gasteiger partial charge in [0.1, 0.15) is 0 Å². The molecule has 1 aliphatic rings. The fraction of sp³-hybridized carbons (Fsp3) is 0.619. The maximum absolute atomic E-state index is 12.5. The van der Waals surface area contributed by atoms with Crippen molar-refractivity contribution in [3.05, 3.63) is 12.1 Å². The summed E-state index contributed by atoms with van der Waals surface area (Å²) in [4.78, 5) is 26.6. The third kappa shape index (κ3) is 6.00. The zero-order valence-electron chi connectivity index (χ0n) is 17.8. The summed E-state index contributed by atoms with van der Waals surface area (Å²) in [5.74, 6) is 0.781. The number of unbranched alkanes of at least 4 members (excludes halogenated alkanes) is 1. The Morgan fingerprint density at radius 3 is 2.34 bits per heavy atom. The molecule has 0 aliphatic carbocycles. The first-order valence-corrected chi connectivity index (χ1v) is 10.0. The number of benzene rings is 1. The van der Waals surface area contributed by atoms with Crippen molar-refractivity contribution in [2.75, 3.05) is 52.5 Å². The van der Waals surface area contributed by atoms with E-state index >= 15 is 0 Å². The molecule has 1 aliphatic heterocycles. The molecule has 0 radical (unpaired) electrons. The largest absolute Gasteiger partial charge is 0.493 e. The molecule has 8 heteroatoms. The van der Waals surface area contributed by atoms with Crippen LogP contribution in [0.1, 0.15) is 32.6 Å². The number of carbonyl (C=O) groups excluding carboxylic acids is 2. The van der Waals surface area contributed by atoms with Crippen molar-refractivity contribution in [3.8, 4) is 17.2 Å². The molecule has 1 heterocycles. The Balaban J connectivity index is 1.93. The first-order chi connectivity index (χ1) is 14.0. The van der Waals surface area contributed by atoms with Crippen LogP contribution in [0.3, 0.4) is 0 Å². The van der Waals surface area contributed by atoms with E-state index in [0.29, 0.717) is 42.6 Å². The Morgan fingerprint density at radius 1 is 1.10 bits per heavy atom. The molecule has 0 bridgehead atoms. The van der Waals surface area contributed by atoms with E-state index in [2.05, 4.69) is 12.2 Å². The average molecular weight is 408 g/mol. The standard InChI is InChI=1S/C21H32N2O6/c1-5-6-9-29-10-7-8-22-21(25)15-11-19(24)23(14-15)16-12-17(26-2)20(28-4)18(13-16)27-3/h12-13,15H,5-11,14H2,1-4H3,(H,22,25). The highest BCUT2D eigenvalue weighted by Gasteiger charge is 2.35. The molecule has 162 valence electrons. The molecule has 0 spiro atoms. The lowest BCUT2D eigenvalue weighted by atomic mass is 10.1. The first kappa shape index (κ1) is 22.8. The fourth-order valence-electron chi connectivity index (χ4n) is 3.23. The van der Waals surface area contributed by atoms with Gasteiger partial charge in [-0.1, -0.05) is 13.3 Å². The number of rotatable bonds is 12. The number of carbonyl (C=O) groups is 2. The number of amides is 2. The van der Waals surface area contributed by atoms with Gasteiger partial charge < -0.3 is 29.2 Å². The Morgan fingerprint density at radius 2 is 1.76 bits per heavy atom. The number of nitrogens with one attached hydrogen (secondary N) is 1. The lowest BCUT2D eigenvalue weighted by Gasteiger charge is -2.20. The summed E-state index contributed by atoms with van der Waals surface area (Å²) < 4.78 is 21.5. The zero-order valence-corrected chi connectivity index (χ0v) is 17.8. The highest BCUT2D eigenvalue weighted by atomic mass is 16.5. The molecule has 1 N–H and O–H groups in total. The van der Waals surface area contributed by atoms with E-state index in [4.69, 9.17) is 18.9 Å². The van der Waals surface area contributed by atoms with Gasteiger partial charge in [0.2, 0.25) is 17.6 Å². The van der Waals surface area contributed by atoms with Crippen LogP contribution in [0.5, 0.6) is 17.2 Å². The van der Waals surface area contributed by atoms with E-state index < -0.39 is 0 Å². The van der Waals surface area contributed by atoms with Gasteiger partial charge >= 0.3 is 0 Å². The molecule has 1 aromatic rings. The molecule has 1 atom stereocenters. The maximum atomic E-state index is 12.5. The SMILES string of the molecule is CCCCOCCCNC(=O)C1CC(=O)N(c2cc(OC)c(OC)c(OC)c2)C1. The molecule has 0 saturated carbocycles. The van der Waals surface area contributed by atoms with Crippen LogP contribution in [0.2, 0.25) is 0 Å². The average Bonchev–Trinajstić information content (AvgIpc) is 3.13. The van der Waals surface area contributed by atoms with Gasteiger partial charge in [-0.3, -0.25) is 9.59 Å². The number of nitrogens with zero attached hydrogens (tertiary/aromatic N) is 1. The lowest BCUT2D eigenvalue weighted by Crippen LogP contribution is -2.33. The van der Waals surface area contributed by atoms with E-state index in [9.17, 15) is 9.59 Å². The molecule has 1 aromatic carbocycles. The van der Waals surface area contributed by atoms with Crippen LogP contribution in [-0.2, 0) is 14.3 Å². The van der Waals surface area contributed by atoms with Gasteiger partial charge in [0.15, 0.2) is 11.5 Å². The third-order valence-corrected chi connectivity index (χ3v) is 4.86. The normalized spacial score (nSPS) is 16.1. The van der Waals surface area contributed by atoms with Crippen LogP contribution in [-0.4, -0.2) is 59.4 Å². The van der Waals surface area contributed by atoms with Gasteiger partial charge in [-0.15, -0.1) is 0 Å². The minimum Gasteiger partial charge on any atom is -0.493 e. The second-order valence-electron chi connectivity index (χ2n) is 6.90. The molecule has 2 amide bonds. The van der Waals surface area contributed by atoms with Crippen molar-refractivity contribution in [2.45, 2.75) is 32.6 Å². The van der Waals surface area contributed by atoms with Gasteiger partial charge in [-0.2, -0.15) is 0 Å². The van der Waals surface area contributed by atoms with E-state index in [-0.39, 0.29) is 24.2 Å². The predicted octanol–water partition coefficient (Wildman–Crippen LogP) is 2.39. The molecule has 2 rings (SSSR count). The number of ether oxygens (including phenoxy) is 4. The van der Waals surface area contributed by atoms with E-state index in [1.807, 2.05) is 0 Å². The van der Waals surface area contributed by atoms with Crippen LogP contribution in [0.4, 0.5) is 5.69 Å². The van der Waals surface area contributed by atoms with Crippen LogP contribution in [0, 0.1) is 5.92 Å². The van der Waals surface area contributed by atoms with Gasteiger partial charge in [0.05, 0.1) is 32.9 Å². The predicted molar refractivity (Wildman–Crippen MR) is 110 cm³/mol. The summed E-state index contributed by atoms with van der Waals surface area (Å²) >= 11 is 0. The smallest absolute Gasteiger partial charge is 0.227 e. The van der Waals surface area contributed by atoms with Crippen LogP contribution in [0.15, 0.2) is 12.1 Å². The summed E-state index contributed by atoms with van der Waals surface area (Å²) in [5, 5.41) is 2.90. The number of methoxy groups -OCH3 is 3. The van der Waals surface area contributed by atoms with Gasteiger partial charge in [-0.25, -0.2) is 0 Å². The first-order valence-electron chi connectivity index (χ1n) is 10.0. The molecule has 1 fully saturated rings. The van der Waals surface area contributed by atoms with Crippen molar-refractivity contribution in [2.24, 2.45) is 5.92 Å². The summed E-state index contributed by atoms with van der Waals surface area (Å²) in [6, 6.07) is 3.43. The molecule has 0 aromatic heterocycles. The number of hydrogen-bond donors (Lipinski definition) is 1. The Kier molecular flexibility index (Phi) is 9.05. The summed E-state index contributed by atoms with van der Waals surface area (Å²) in [6.45, 7) is 4.36. The van der Waals surface area contributed by atoms with Gasteiger partial charge in [-0.05, 0) is 12.8 Å². The van der Waals surface area contributed by atoms with Crippen molar-refractivity contribution in [3.63, 3.8) is 0 Å². The van der Waals surface area contributed by atoms with Gasteiger partial charge in [0, 0.05) is 44.9 Å². The minimum absolute atomic E-state index is 0.109. The maximum Gasteiger partial charge on any atom is 0.227 e. The van der Waals surface area contributed by atoms with Crippen molar-refractivity contribution in [1.82, 2.24) is 5.32 Å². The molecule has 29 heavy (non-hydrogen) atoms. The molecule has 1 saturated heterocycles. The second-order valence-corrected chi connectivity index (χ2v) is 6.90. The van der Waals surface area contributed by atoms with Crippen LogP contribution < -0.4 is 24.4 Å². The molecular weight excluding hydrogens is 376 g/mol. The quantitative estimate of drug-likeness (QED) is 0.535. The third-order valence-electron chi connectivity index (χ3n) is 4.86. The Labute approximate surface area is 172 Å². The molecule has 1 unspecified atom stereocenters.